The topological polar surface area (TPSA) is 88.2 Å². The van der Waals surface area contributed by atoms with Crippen LogP contribution in [-0.4, -0.2) is 54.8 Å². The Labute approximate surface area is 249 Å². The fourth-order valence-electron chi connectivity index (χ4n) is 4.20. The van der Waals surface area contributed by atoms with E-state index in [0.29, 0.717) is 46.3 Å². The first-order valence-electron chi connectivity index (χ1n) is 12.5. The molecular formula is C29H25BrClN3O5S. The second kappa shape index (κ2) is 12.9. The van der Waals surface area contributed by atoms with Gasteiger partial charge in [-0.25, -0.2) is 0 Å². The molecule has 206 valence electrons. The molecule has 2 aliphatic rings. The summed E-state index contributed by atoms with van der Waals surface area (Å²) in [5.74, 6) is -0.353. The minimum absolute atomic E-state index is 0.240. The van der Waals surface area contributed by atoms with Gasteiger partial charge in [-0.05, 0) is 81.8 Å². The zero-order valence-corrected chi connectivity index (χ0v) is 24.4. The van der Waals surface area contributed by atoms with Gasteiger partial charge in [-0.1, -0.05) is 35.9 Å². The molecule has 0 bridgehead atoms. The largest absolute Gasteiger partial charge is 0.488 e. The molecule has 11 heteroatoms. The number of morpholine rings is 1. The Morgan fingerprint density at radius 1 is 1.07 bits per heavy atom. The number of anilines is 2. The van der Waals surface area contributed by atoms with Crippen LogP contribution in [0.15, 0.2) is 76.1 Å². The highest BCUT2D eigenvalue weighted by molar-refractivity contribution is 9.10. The molecule has 2 saturated heterocycles. The molecule has 2 heterocycles. The summed E-state index contributed by atoms with van der Waals surface area (Å²) >= 11 is 10.5. The molecule has 5 rings (SSSR count). The van der Waals surface area contributed by atoms with Crippen LogP contribution >= 0.6 is 39.3 Å². The Morgan fingerprint density at radius 2 is 1.82 bits per heavy atom. The molecule has 0 aliphatic carbocycles. The number of benzene rings is 3. The van der Waals surface area contributed by atoms with E-state index in [1.165, 1.54) is 0 Å². The number of imide groups is 1. The van der Waals surface area contributed by atoms with Gasteiger partial charge in [-0.15, -0.1) is 0 Å². The molecule has 0 aromatic heterocycles. The van der Waals surface area contributed by atoms with E-state index in [0.717, 1.165) is 41.0 Å². The van der Waals surface area contributed by atoms with Crippen LogP contribution in [-0.2, 0) is 20.9 Å². The van der Waals surface area contributed by atoms with Crippen molar-refractivity contribution in [2.24, 2.45) is 0 Å². The number of carbonyl (C=O) groups is 3. The molecule has 3 amide bonds. The lowest BCUT2D eigenvalue weighted by Gasteiger charge is -2.28. The van der Waals surface area contributed by atoms with Crippen LogP contribution in [0, 0.1) is 0 Å². The van der Waals surface area contributed by atoms with E-state index >= 15 is 0 Å². The molecular weight excluding hydrogens is 618 g/mol. The molecule has 3 aromatic carbocycles. The van der Waals surface area contributed by atoms with Crippen molar-refractivity contribution in [2.75, 3.05) is 43.1 Å². The second-order valence-electron chi connectivity index (χ2n) is 9.03. The number of carbonyl (C=O) groups excluding carboxylic acids is 3. The molecule has 0 unspecified atom stereocenters. The van der Waals surface area contributed by atoms with Crippen molar-refractivity contribution in [3.8, 4) is 5.75 Å². The minimum Gasteiger partial charge on any atom is -0.488 e. The molecule has 2 fully saturated rings. The van der Waals surface area contributed by atoms with E-state index in [1.54, 1.807) is 42.5 Å². The third-order valence-electron chi connectivity index (χ3n) is 6.30. The van der Waals surface area contributed by atoms with Crippen LogP contribution in [0.1, 0.15) is 11.1 Å². The van der Waals surface area contributed by atoms with Crippen LogP contribution < -0.4 is 15.0 Å². The van der Waals surface area contributed by atoms with Gasteiger partial charge in [0.2, 0.25) is 5.91 Å². The number of ether oxygens (including phenoxy) is 2. The highest BCUT2D eigenvalue weighted by Gasteiger charge is 2.36. The van der Waals surface area contributed by atoms with E-state index in [2.05, 4.69) is 26.1 Å². The number of thioether (sulfide) groups is 1. The van der Waals surface area contributed by atoms with Crippen molar-refractivity contribution < 1.29 is 23.9 Å². The molecule has 0 spiro atoms. The molecule has 0 radical (unpaired) electrons. The number of halogens is 2. The molecule has 1 N–H and O–H groups in total. The summed E-state index contributed by atoms with van der Waals surface area (Å²) in [6, 6.07) is 20.3. The zero-order valence-electron chi connectivity index (χ0n) is 21.3. The zero-order chi connectivity index (χ0) is 28.1. The van der Waals surface area contributed by atoms with Crippen LogP contribution in [0.2, 0.25) is 5.02 Å². The quantitative estimate of drug-likeness (QED) is 0.293. The van der Waals surface area contributed by atoms with E-state index < -0.39 is 17.1 Å². The maximum absolute atomic E-state index is 12.9. The summed E-state index contributed by atoms with van der Waals surface area (Å²) < 4.78 is 11.9. The van der Waals surface area contributed by atoms with Crippen LogP contribution in [0.5, 0.6) is 5.75 Å². The first kappa shape index (κ1) is 28.2. The van der Waals surface area contributed by atoms with Crippen molar-refractivity contribution in [1.29, 1.82) is 0 Å². The van der Waals surface area contributed by atoms with Crippen molar-refractivity contribution in [2.45, 2.75) is 6.61 Å². The molecule has 0 atom stereocenters. The van der Waals surface area contributed by atoms with Gasteiger partial charge in [0.25, 0.3) is 11.1 Å². The summed E-state index contributed by atoms with van der Waals surface area (Å²) in [5.41, 5.74) is 3.20. The summed E-state index contributed by atoms with van der Waals surface area (Å²) in [4.78, 5) is 41.5. The van der Waals surface area contributed by atoms with E-state index in [9.17, 15) is 14.4 Å². The predicted octanol–water partition coefficient (Wildman–Crippen LogP) is 6.19. The molecule has 0 saturated carbocycles. The lowest BCUT2D eigenvalue weighted by Crippen LogP contribution is -2.36. The normalized spacial score (nSPS) is 16.5. The first-order valence-corrected chi connectivity index (χ1v) is 14.5. The molecule has 8 nitrogen and oxygen atoms in total. The summed E-state index contributed by atoms with van der Waals surface area (Å²) in [6.07, 6.45) is 1.62. The predicted molar refractivity (Wildman–Crippen MR) is 161 cm³/mol. The molecule has 2 aliphatic heterocycles. The Balaban J connectivity index is 1.18. The Morgan fingerprint density at radius 3 is 2.55 bits per heavy atom. The highest BCUT2D eigenvalue weighted by atomic mass is 79.9. The SMILES string of the molecule is O=C(CN1C(=O)S/C(=C/c2ccc(OCc3ccccc3Cl)c(Br)c2)C1=O)Nc1ccc(N2CCOCC2)cc1. The first-order chi connectivity index (χ1) is 19.4. The Bertz CT molecular complexity index is 1460. The lowest BCUT2D eigenvalue weighted by molar-refractivity contribution is -0.127. The van der Waals surface area contributed by atoms with Gasteiger partial charge >= 0.3 is 0 Å². The average molecular weight is 643 g/mol. The monoisotopic (exact) mass is 641 g/mol. The van der Waals surface area contributed by atoms with E-state index in [4.69, 9.17) is 21.1 Å². The standard InChI is InChI=1S/C29H25BrClN3O5S/c30-23-15-19(5-10-25(23)39-18-20-3-1-2-4-24(20)31)16-26-28(36)34(29(37)40-26)17-27(35)32-21-6-8-22(9-7-21)33-11-13-38-14-12-33/h1-10,15-16H,11-14,17-18H2,(H,32,35)/b26-16+. The van der Waals surface area contributed by atoms with Crippen LogP contribution in [0.4, 0.5) is 16.2 Å². The molecule has 3 aromatic rings. The Hall–Kier alpha value is -3.31. The number of hydrogen-bond donors (Lipinski definition) is 1. The number of rotatable bonds is 8. The summed E-state index contributed by atoms with van der Waals surface area (Å²) in [5, 5.41) is 2.89. The van der Waals surface area contributed by atoms with Crippen LogP contribution in [0.3, 0.4) is 0 Å². The van der Waals surface area contributed by atoms with E-state index in [1.807, 2.05) is 30.3 Å². The fraction of sp³-hybridized carbons (Fsp3) is 0.207. The van der Waals surface area contributed by atoms with Gasteiger partial charge < -0.3 is 19.7 Å². The summed E-state index contributed by atoms with van der Waals surface area (Å²) in [7, 11) is 0. The van der Waals surface area contributed by atoms with Gasteiger partial charge in [0.1, 0.15) is 18.9 Å². The summed E-state index contributed by atoms with van der Waals surface area (Å²) in [6.45, 7) is 2.94. The minimum atomic E-state index is -0.511. The second-order valence-corrected chi connectivity index (χ2v) is 11.3. The van der Waals surface area contributed by atoms with Gasteiger partial charge in [-0.2, -0.15) is 0 Å². The van der Waals surface area contributed by atoms with Crippen molar-refractivity contribution in [1.82, 2.24) is 4.90 Å². The maximum Gasteiger partial charge on any atom is 0.294 e. The van der Waals surface area contributed by atoms with Gasteiger partial charge in [0.15, 0.2) is 0 Å². The maximum atomic E-state index is 12.9. The van der Waals surface area contributed by atoms with Gasteiger partial charge in [0, 0.05) is 35.1 Å². The van der Waals surface area contributed by atoms with Crippen molar-refractivity contribution >= 4 is 73.8 Å². The number of nitrogens with one attached hydrogen (secondary N) is 1. The number of nitrogens with zero attached hydrogens (tertiary/aromatic N) is 2. The smallest absolute Gasteiger partial charge is 0.294 e. The van der Waals surface area contributed by atoms with Crippen LogP contribution in [0.25, 0.3) is 6.08 Å². The fourth-order valence-corrected chi connectivity index (χ4v) is 5.74. The lowest BCUT2D eigenvalue weighted by atomic mass is 10.2. The highest BCUT2D eigenvalue weighted by Crippen LogP contribution is 2.34. The van der Waals surface area contributed by atoms with Crippen molar-refractivity contribution in [3.05, 3.63) is 92.3 Å². The number of hydrogen-bond acceptors (Lipinski definition) is 7. The number of amides is 3. The third kappa shape index (κ3) is 6.87. The molecule has 40 heavy (non-hydrogen) atoms. The average Bonchev–Trinajstić information content (AvgIpc) is 3.21. The third-order valence-corrected chi connectivity index (χ3v) is 8.19. The Kier molecular flexibility index (Phi) is 9.11. The van der Waals surface area contributed by atoms with Gasteiger partial charge in [0.05, 0.1) is 22.6 Å². The van der Waals surface area contributed by atoms with E-state index in [-0.39, 0.29) is 11.4 Å². The van der Waals surface area contributed by atoms with Gasteiger partial charge in [-0.3, -0.25) is 19.3 Å². The van der Waals surface area contributed by atoms with Crippen molar-refractivity contribution in [3.63, 3.8) is 0 Å².